The topological polar surface area (TPSA) is 116 Å². The average Bonchev–Trinajstić information content (AvgIpc) is 2.47. The third-order valence-corrected chi connectivity index (χ3v) is 1.81. The van der Waals surface area contributed by atoms with E-state index in [-0.39, 0.29) is 46.1 Å². The summed E-state index contributed by atoms with van der Waals surface area (Å²) in [6.07, 6.45) is 3.46. The van der Waals surface area contributed by atoms with Gasteiger partial charge in [-0.25, -0.2) is 29.4 Å². The van der Waals surface area contributed by atoms with Crippen molar-refractivity contribution in [1.29, 1.82) is 0 Å². The van der Waals surface area contributed by atoms with E-state index in [2.05, 4.69) is 15.0 Å². The molecule has 0 aromatic heterocycles. The van der Waals surface area contributed by atoms with Crippen LogP contribution in [-0.4, -0.2) is 70.6 Å². The first-order chi connectivity index (χ1) is 9.85. The Kier molecular flexibility index (Phi) is 13.6. The van der Waals surface area contributed by atoms with Crippen LogP contribution in [0.4, 0.5) is 0 Å². The SMILES string of the molecule is O=C=NCCOCC(OCCN=C=O)OCCN=C=O. The molecule has 20 heavy (non-hydrogen) atoms. The Morgan fingerprint density at radius 1 is 0.750 bits per heavy atom. The highest BCUT2D eigenvalue weighted by Gasteiger charge is 2.09. The van der Waals surface area contributed by atoms with Gasteiger partial charge >= 0.3 is 0 Å². The van der Waals surface area contributed by atoms with Crippen molar-refractivity contribution in [2.75, 3.05) is 46.1 Å². The van der Waals surface area contributed by atoms with Gasteiger partial charge in [0.1, 0.15) is 0 Å². The highest BCUT2D eigenvalue weighted by molar-refractivity contribution is 5.33. The van der Waals surface area contributed by atoms with Crippen LogP contribution < -0.4 is 0 Å². The van der Waals surface area contributed by atoms with Gasteiger partial charge in [-0.2, -0.15) is 0 Å². The van der Waals surface area contributed by atoms with Crippen LogP contribution in [0.5, 0.6) is 0 Å². The fraction of sp³-hybridized carbons (Fsp3) is 0.727. The maximum atomic E-state index is 9.87. The quantitative estimate of drug-likeness (QED) is 0.192. The Labute approximate surface area is 115 Å². The van der Waals surface area contributed by atoms with E-state index < -0.39 is 6.29 Å². The van der Waals surface area contributed by atoms with Gasteiger partial charge < -0.3 is 14.2 Å². The van der Waals surface area contributed by atoms with Gasteiger partial charge in [-0.3, -0.25) is 0 Å². The molecule has 0 spiro atoms. The molecule has 0 N–H and O–H groups in total. The molecule has 0 amide bonds. The zero-order chi connectivity index (χ0) is 14.9. The largest absolute Gasteiger partial charge is 0.374 e. The van der Waals surface area contributed by atoms with Gasteiger partial charge in [0.15, 0.2) is 6.29 Å². The number of nitrogens with zero attached hydrogens (tertiary/aromatic N) is 3. The van der Waals surface area contributed by atoms with Gasteiger partial charge in [-0.05, 0) is 0 Å². The molecule has 9 nitrogen and oxygen atoms in total. The van der Waals surface area contributed by atoms with E-state index >= 15 is 0 Å². The lowest BCUT2D eigenvalue weighted by atomic mass is 10.6. The zero-order valence-electron chi connectivity index (χ0n) is 10.8. The summed E-state index contributed by atoms with van der Waals surface area (Å²) < 4.78 is 15.7. The third-order valence-electron chi connectivity index (χ3n) is 1.81. The molecular weight excluding hydrogens is 270 g/mol. The lowest BCUT2D eigenvalue weighted by Gasteiger charge is -2.17. The number of carbonyl (C=O) groups excluding carboxylic acids is 3. The lowest BCUT2D eigenvalue weighted by Crippen LogP contribution is -2.26. The summed E-state index contributed by atoms with van der Waals surface area (Å²) in [5.74, 6) is 0. The second-order valence-electron chi connectivity index (χ2n) is 3.17. The Bertz CT molecular complexity index is 360. The lowest BCUT2D eigenvalue weighted by molar-refractivity contribution is -0.168. The maximum absolute atomic E-state index is 9.87. The summed E-state index contributed by atoms with van der Waals surface area (Å²) >= 11 is 0. The van der Waals surface area contributed by atoms with E-state index in [1.807, 2.05) is 0 Å². The van der Waals surface area contributed by atoms with Crippen LogP contribution in [0.15, 0.2) is 15.0 Å². The van der Waals surface area contributed by atoms with Gasteiger partial charge in [-0.1, -0.05) is 0 Å². The van der Waals surface area contributed by atoms with Crippen LogP contribution in [0.25, 0.3) is 0 Å². The monoisotopic (exact) mass is 285 g/mol. The predicted molar refractivity (Wildman–Crippen MR) is 65.5 cm³/mol. The molecule has 0 fully saturated rings. The fourth-order valence-electron chi connectivity index (χ4n) is 1.03. The standard InChI is InChI=1S/C11H15N3O6/c15-8-12-1-4-18-7-11(19-5-2-13-9-16)20-6-3-14-10-17/h11H,1-7H2. The van der Waals surface area contributed by atoms with E-state index in [0.29, 0.717) is 0 Å². The van der Waals surface area contributed by atoms with Crippen LogP contribution in [0.3, 0.4) is 0 Å². The Hall–Kier alpha value is -1.98. The third kappa shape index (κ3) is 12.5. The molecule has 0 atom stereocenters. The van der Waals surface area contributed by atoms with E-state index in [0.717, 1.165) is 0 Å². The van der Waals surface area contributed by atoms with Crippen molar-refractivity contribution in [1.82, 2.24) is 0 Å². The Morgan fingerprint density at radius 2 is 1.20 bits per heavy atom. The first-order valence-corrected chi connectivity index (χ1v) is 5.77. The molecule has 0 heterocycles. The number of hydrogen-bond acceptors (Lipinski definition) is 9. The molecule has 0 saturated carbocycles. The van der Waals surface area contributed by atoms with Crippen LogP contribution >= 0.6 is 0 Å². The van der Waals surface area contributed by atoms with Crippen LogP contribution in [0, 0.1) is 0 Å². The Morgan fingerprint density at radius 3 is 1.65 bits per heavy atom. The second-order valence-corrected chi connectivity index (χ2v) is 3.17. The van der Waals surface area contributed by atoms with Crippen LogP contribution in [0.1, 0.15) is 0 Å². The van der Waals surface area contributed by atoms with Crippen LogP contribution in [0.2, 0.25) is 0 Å². The van der Waals surface area contributed by atoms with Crippen molar-refractivity contribution in [3.8, 4) is 0 Å². The first-order valence-electron chi connectivity index (χ1n) is 5.77. The van der Waals surface area contributed by atoms with Crippen molar-refractivity contribution < 1.29 is 28.6 Å². The van der Waals surface area contributed by atoms with Gasteiger partial charge in [0.05, 0.1) is 46.1 Å². The number of isocyanates is 3. The minimum absolute atomic E-state index is 0.101. The molecule has 0 bridgehead atoms. The molecule has 0 aliphatic heterocycles. The molecule has 0 radical (unpaired) electrons. The summed E-state index contributed by atoms with van der Waals surface area (Å²) in [7, 11) is 0. The number of aliphatic imine (C=N–C) groups is 3. The van der Waals surface area contributed by atoms with Crippen molar-refractivity contribution >= 4 is 18.2 Å². The fourth-order valence-corrected chi connectivity index (χ4v) is 1.03. The molecule has 0 rings (SSSR count). The summed E-state index contributed by atoms with van der Waals surface area (Å²) in [5.41, 5.74) is 0. The summed E-state index contributed by atoms with van der Waals surface area (Å²) in [4.78, 5) is 39.5. The van der Waals surface area contributed by atoms with E-state index in [1.54, 1.807) is 0 Å². The number of rotatable bonds is 13. The van der Waals surface area contributed by atoms with Crippen LogP contribution in [-0.2, 0) is 28.6 Å². The predicted octanol–water partition coefficient (Wildman–Crippen LogP) is -0.630. The van der Waals surface area contributed by atoms with Gasteiger partial charge in [0, 0.05) is 0 Å². The van der Waals surface area contributed by atoms with Crippen molar-refractivity contribution in [2.45, 2.75) is 6.29 Å². The van der Waals surface area contributed by atoms with Crippen molar-refractivity contribution in [2.24, 2.45) is 15.0 Å². The first kappa shape index (κ1) is 18.0. The molecule has 0 unspecified atom stereocenters. The van der Waals surface area contributed by atoms with E-state index in [9.17, 15) is 14.4 Å². The maximum Gasteiger partial charge on any atom is 0.235 e. The zero-order valence-corrected chi connectivity index (χ0v) is 10.8. The Balaban J connectivity index is 3.91. The van der Waals surface area contributed by atoms with Gasteiger partial charge in [0.2, 0.25) is 18.2 Å². The second kappa shape index (κ2) is 15.1. The average molecular weight is 285 g/mol. The minimum atomic E-state index is -0.695. The number of ether oxygens (including phenoxy) is 3. The minimum Gasteiger partial charge on any atom is -0.374 e. The molecule has 0 aromatic carbocycles. The molecule has 0 aliphatic carbocycles. The van der Waals surface area contributed by atoms with Gasteiger partial charge in [-0.15, -0.1) is 0 Å². The van der Waals surface area contributed by atoms with Crippen molar-refractivity contribution in [3.63, 3.8) is 0 Å². The number of hydrogen-bond donors (Lipinski definition) is 0. The van der Waals surface area contributed by atoms with Crippen molar-refractivity contribution in [3.05, 3.63) is 0 Å². The molecule has 9 heteroatoms. The van der Waals surface area contributed by atoms with E-state index in [1.165, 1.54) is 18.2 Å². The highest BCUT2D eigenvalue weighted by atomic mass is 16.7. The molecule has 0 aliphatic rings. The normalized spacial score (nSPS) is 10.8. The highest BCUT2D eigenvalue weighted by Crippen LogP contribution is 1.97. The molecular formula is C11H15N3O6. The summed E-state index contributed by atoms with van der Waals surface area (Å²) in [6, 6.07) is 0. The summed E-state index contributed by atoms with van der Waals surface area (Å²) in [5, 5.41) is 0. The molecule has 0 saturated heterocycles. The smallest absolute Gasteiger partial charge is 0.235 e. The summed E-state index contributed by atoms with van der Waals surface area (Å²) in [6.45, 7) is 1.15. The molecule has 0 aromatic rings. The van der Waals surface area contributed by atoms with E-state index in [4.69, 9.17) is 14.2 Å². The molecule has 110 valence electrons. The van der Waals surface area contributed by atoms with Gasteiger partial charge in [0.25, 0.3) is 0 Å².